The van der Waals surface area contributed by atoms with Gasteiger partial charge in [-0.05, 0) is 24.6 Å². The normalized spacial score (nSPS) is 24.4. The van der Waals surface area contributed by atoms with Gasteiger partial charge in [-0.1, -0.05) is 47.1 Å². The number of hydrogen-bond acceptors (Lipinski definition) is 6. The highest BCUT2D eigenvalue weighted by Gasteiger charge is 2.41. The molecule has 156 valence electrons. The fourth-order valence-corrected chi connectivity index (χ4v) is 4.52. The molecule has 3 aliphatic rings. The monoisotopic (exact) mass is 404 g/mol. The van der Waals surface area contributed by atoms with Gasteiger partial charge in [0.25, 0.3) is 0 Å². The molecule has 2 aromatic rings. The molecular formula is C24H28N4O2. The van der Waals surface area contributed by atoms with Gasteiger partial charge >= 0.3 is 0 Å². The van der Waals surface area contributed by atoms with E-state index in [2.05, 4.69) is 63.3 Å². The van der Waals surface area contributed by atoms with Crippen LogP contribution in [0, 0.1) is 5.92 Å². The van der Waals surface area contributed by atoms with E-state index in [0.717, 1.165) is 50.5 Å². The average molecular weight is 405 g/mol. The molecule has 1 saturated heterocycles. The van der Waals surface area contributed by atoms with Gasteiger partial charge in [0.05, 0.1) is 11.5 Å². The highest BCUT2D eigenvalue weighted by atomic mass is 16.6. The topological polar surface area (TPSA) is 50.2 Å². The standard InChI is InChI=1S/C24H28N4O2/c1-18(14-19-6-3-2-4-7-19)15-27-10-12-28(13-11-27)16-22-21-17-29-24-20(8-5-9-25-24)23(21)26-30-22/h2-9,14,21-22H,10-13,15-17H2,1H3/b18-14+. The van der Waals surface area contributed by atoms with Gasteiger partial charge in [0.2, 0.25) is 5.88 Å². The van der Waals surface area contributed by atoms with Gasteiger partial charge in [-0.15, -0.1) is 0 Å². The zero-order valence-corrected chi connectivity index (χ0v) is 17.4. The second-order valence-electron chi connectivity index (χ2n) is 8.37. The number of hydrogen-bond donors (Lipinski definition) is 0. The molecule has 0 N–H and O–H groups in total. The average Bonchev–Trinajstić information content (AvgIpc) is 3.19. The molecule has 0 radical (unpaired) electrons. The first-order valence-corrected chi connectivity index (χ1v) is 10.7. The zero-order valence-electron chi connectivity index (χ0n) is 17.4. The third-order valence-corrected chi connectivity index (χ3v) is 6.12. The molecular weight excluding hydrogens is 376 g/mol. The summed E-state index contributed by atoms with van der Waals surface area (Å²) in [6.45, 7) is 9.00. The van der Waals surface area contributed by atoms with Crippen LogP contribution in [0.2, 0.25) is 0 Å². The third kappa shape index (κ3) is 4.11. The fraction of sp³-hybridized carbons (Fsp3) is 0.417. The van der Waals surface area contributed by atoms with Crippen LogP contribution in [0.5, 0.6) is 5.88 Å². The maximum atomic E-state index is 5.86. The van der Waals surface area contributed by atoms with Crippen LogP contribution in [0.1, 0.15) is 18.1 Å². The lowest BCUT2D eigenvalue weighted by Crippen LogP contribution is -2.50. The van der Waals surface area contributed by atoms with Crippen molar-refractivity contribution in [3.63, 3.8) is 0 Å². The second-order valence-corrected chi connectivity index (χ2v) is 8.37. The maximum Gasteiger partial charge on any atom is 0.222 e. The van der Waals surface area contributed by atoms with E-state index in [0.29, 0.717) is 12.5 Å². The number of ether oxygens (including phenoxy) is 1. The van der Waals surface area contributed by atoms with Crippen LogP contribution in [0.4, 0.5) is 0 Å². The summed E-state index contributed by atoms with van der Waals surface area (Å²) in [5.41, 5.74) is 4.64. The smallest absolute Gasteiger partial charge is 0.222 e. The van der Waals surface area contributed by atoms with E-state index in [-0.39, 0.29) is 12.0 Å². The van der Waals surface area contributed by atoms with Crippen LogP contribution in [-0.2, 0) is 4.84 Å². The van der Waals surface area contributed by atoms with Gasteiger partial charge < -0.3 is 9.57 Å². The molecule has 2 unspecified atom stereocenters. The van der Waals surface area contributed by atoms with Crippen LogP contribution >= 0.6 is 0 Å². The van der Waals surface area contributed by atoms with Crippen molar-refractivity contribution in [2.75, 3.05) is 45.9 Å². The molecule has 1 aromatic heterocycles. The Bertz CT molecular complexity index is 935. The Kier molecular flexibility index (Phi) is 5.51. The number of oxime groups is 1. The lowest BCUT2D eigenvalue weighted by molar-refractivity contribution is 0.00977. The maximum absolute atomic E-state index is 5.86. The Morgan fingerprint density at radius 1 is 1.07 bits per heavy atom. The molecule has 2 atom stereocenters. The van der Waals surface area contributed by atoms with Crippen LogP contribution in [-0.4, -0.2) is 72.5 Å². The molecule has 0 amide bonds. The van der Waals surface area contributed by atoms with Gasteiger partial charge in [-0.25, -0.2) is 4.98 Å². The van der Waals surface area contributed by atoms with Crippen molar-refractivity contribution in [1.29, 1.82) is 0 Å². The van der Waals surface area contributed by atoms with Gasteiger partial charge in [-0.2, -0.15) is 0 Å². The third-order valence-electron chi connectivity index (χ3n) is 6.12. The number of fused-ring (bicyclic) bond motifs is 3. The first kappa shape index (κ1) is 19.3. The van der Waals surface area contributed by atoms with Crippen LogP contribution < -0.4 is 4.74 Å². The summed E-state index contributed by atoms with van der Waals surface area (Å²) in [7, 11) is 0. The molecule has 6 heteroatoms. The minimum atomic E-state index is 0.0552. The Morgan fingerprint density at radius 3 is 2.70 bits per heavy atom. The minimum absolute atomic E-state index is 0.0552. The summed E-state index contributed by atoms with van der Waals surface area (Å²) in [5, 5.41) is 4.39. The Hall–Kier alpha value is -2.70. The van der Waals surface area contributed by atoms with Crippen molar-refractivity contribution in [1.82, 2.24) is 14.8 Å². The Balaban J connectivity index is 1.12. The molecule has 30 heavy (non-hydrogen) atoms. The van der Waals surface area contributed by atoms with E-state index < -0.39 is 0 Å². The molecule has 1 fully saturated rings. The quantitative estimate of drug-likeness (QED) is 0.767. The first-order chi connectivity index (χ1) is 14.8. The summed E-state index contributed by atoms with van der Waals surface area (Å²) >= 11 is 0. The molecule has 0 aliphatic carbocycles. The molecule has 0 saturated carbocycles. The number of pyridine rings is 1. The van der Waals surface area contributed by atoms with Crippen molar-refractivity contribution >= 4 is 11.8 Å². The second kappa shape index (κ2) is 8.58. The number of nitrogens with zero attached hydrogens (tertiary/aromatic N) is 4. The summed E-state index contributed by atoms with van der Waals surface area (Å²) in [5.74, 6) is 0.861. The van der Waals surface area contributed by atoms with E-state index in [9.17, 15) is 0 Å². The van der Waals surface area contributed by atoms with Crippen molar-refractivity contribution in [3.8, 4) is 5.88 Å². The number of aromatic nitrogens is 1. The summed E-state index contributed by atoms with van der Waals surface area (Å²) in [4.78, 5) is 15.2. The SMILES string of the molecule is C/C(=C\c1ccccc1)CN1CCN(CC2ON=C3c4cccnc4OCC32)CC1. The van der Waals surface area contributed by atoms with Gasteiger partial charge in [-0.3, -0.25) is 9.80 Å². The molecule has 0 bridgehead atoms. The Labute approximate surface area is 177 Å². The summed E-state index contributed by atoms with van der Waals surface area (Å²) in [6.07, 6.45) is 4.09. The van der Waals surface area contributed by atoms with E-state index in [1.807, 2.05) is 12.1 Å². The van der Waals surface area contributed by atoms with Crippen LogP contribution in [0.3, 0.4) is 0 Å². The van der Waals surface area contributed by atoms with Gasteiger partial charge in [0.1, 0.15) is 12.3 Å². The lowest BCUT2D eigenvalue weighted by Gasteiger charge is -2.36. The summed E-state index contributed by atoms with van der Waals surface area (Å²) in [6, 6.07) is 14.5. The minimum Gasteiger partial charge on any atom is -0.476 e. The first-order valence-electron chi connectivity index (χ1n) is 10.7. The predicted molar refractivity (Wildman–Crippen MR) is 118 cm³/mol. The van der Waals surface area contributed by atoms with Crippen molar-refractivity contribution in [3.05, 3.63) is 65.4 Å². The van der Waals surface area contributed by atoms with Crippen molar-refractivity contribution < 1.29 is 9.57 Å². The van der Waals surface area contributed by atoms with Crippen LogP contribution in [0.25, 0.3) is 6.08 Å². The molecule has 0 spiro atoms. The van der Waals surface area contributed by atoms with E-state index in [4.69, 9.17) is 9.57 Å². The number of benzene rings is 1. The summed E-state index contributed by atoms with van der Waals surface area (Å²) < 4.78 is 5.86. The highest BCUT2D eigenvalue weighted by molar-refractivity contribution is 6.05. The predicted octanol–water partition coefficient (Wildman–Crippen LogP) is 2.91. The van der Waals surface area contributed by atoms with E-state index in [1.54, 1.807) is 6.20 Å². The molecule has 1 aromatic carbocycles. The van der Waals surface area contributed by atoms with Crippen molar-refractivity contribution in [2.24, 2.45) is 11.1 Å². The molecule has 5 rings (SSSR count). The largest absolute Gasteiger partial charge is 0.476 e. The molecule has 3 aliphatic heterocycles. The zero-order chi connectivity index (χ0) is 20.3. The van der Waals surface area contributed by atoms with Gasteiger partial charge in [0.15, 0.2) is 6.10 Å². The number of rotatable bonds is 5. The highest BCUT2D eigenvalue weighted by Crippen LogP contribution is 2.32. The molecule has 4 heterocycles. The van der Waals surface area contributed by atoms with Gasteiger partial charge in [0, 0.05) is 45.5 Å². The van der Waals surface area contributed by atoms with Crippen molar-refractivity contribution in [2.45, 2.75) is 13.0 Å². The Morgan fingerprint density at radius 2 is 1.87 bits per heavy atom. The van der Waals surface area contributed by atoms with E-state index in [1.165, 1.54) is 11.1 Å². The van der Waals surface area contributed by atoms with Crippen LogP contribution in [0.15, 0.2) is 59.4 Å². The molecule has 6 nitrogen and oxygen atoms in total. The fourth-order valence-electron chi connectivity index (χ4n) is 4.52. The lowest BCUT2D eigenvalue weighted by atomic mass is 9.91. The van der Waals surface area contributed by atoms with E-state index >= 15 is 0 Å². The number of piperazine rings is 1.